The summed E-state index contributed by atoms with van der Waals surface area (Å²) in [5.74, 6) is -0.935. The van der Waals surface area contributed by atoms with Crippen LogP contribution in [0.4, 0.5) is 0 Å². The van der Waals surface area contributed by atoms with Gasteiger partial charge in [-0.2, -0.15) is 0 Å². The molecule has 1 N–H and O–H groups in total. The van der Waals surface area contributed by atoms with Gasteiger partial charge in [-0.05, 0) is 11.8 Å². The van der Waals surface area contributed by atoms with Crippen LogP contribution in [0.2, 0.25) is 0 Å². The van der Waals surface area contributed by atoms with Crippen molar-refractivity contribution in [1.29, 1.82) is 0 Å². The minimum atomic E-state index is -0.906. The zero-order chi connectivity index (χ0) is 10.8. The maximum absolute atomic E-state index is 11.5. The van der Waals surface area contributed by atoms with Crippen molar-refractivity contribution in [3.8, 4) is 0 Å². The van der Waals surface area contributed by atoms with Gasteiger partial charge in [-0.25, -0.2) is 0 Å². The zero-order valence-corrected chi connectivity index (χ0v) is 8.75. The fourth-order valence-corrected chi connectivity index (χ4v) is 1.70. The maximum atomic E-state index is 11.5. The lowest BCUT2D eigenvalue weighted by Gasteiger charge is -2.19. The van der Waals surface area contributed by atoms with Crippen LogP contribution in [0.15, 0.2) is 0 Å². The lowest BCUT2D eigenvalue weighted by Crippen LogP contribution is -2.30. The molecule has 1 aliphatic rings. The standard InChI is InChI=1S/C10H17NO3/c1-10(2)5-6-11(7-10)8(12)3-4-9(13)14/h3-7H2,1-2H3,(H,13,14). The Balaban J connectivity index is 2.36. The van der Waals surface area contributed by atoms with Crippen LogP contribution in [0.5, 0.6) is 0 Å². The number of likely N-dealkylation sites (tertiary alicyclic amines) is 1. The molecule has 0 aromatic heterocycles. The minimum Gasteiger partial charge on any atom is -0.481 e. The topological polar surface area (TPSA) is 57.6 Å². The molecule has 1 saturated heterocycles. The Hall–Kier alpha value is -1.06. The van der Waals surface area contributed by atoms with Crippen LogP contribution in [0.1, 0.15) is 33.1 Å². The van der Waals surface area contributed by atoms with Gasteiger partial charge in [0, 0.05) is 19.5 Å². The summed E-state index contributed by atoms with van der Waals surface area (Å²) in [6, 6.07) is 0. The highest BCUT2D eigenvalue weighted by molar-refractivity contribution is 5.80. The Morgan fingerprint density at radius 2 is 2.00 bits per heavy atom. The first-order valence-corrected chi connectivity index (χ1v) is 4.90. The number of rotatable bonds is 3. The largest absolute Gasteiger partial charge is 0.481 e. The lowest BCUT2D eigenvalue weighted by atomic mass is 9.93. The van der Waals surface area contributed by atoms with Crippen LogP contribution < -0.4 is 0 Å². The third-order valence-corrected chi connectivity index (χ3v) is 2.58. The Bertz CT molecular complexity index is 248. The van der Waals surface area contributed by atoms with Crippen molar-refractivity contribution >= 4 is 11.9 Å². The van der Waals surface area contributed by atoms with Crippen LogP contribution >= 0.6 is 0 Å². The molecule has 1 rings (SSSR count). The Morgan fingerprint density at radius 3 is 2.43 bits per heavy atom. The SMILES string of the molecule is CC1(C)CCN(C(=O)CCC(=O)O)C1. The van der Waals surface area contributed by atoms with Gasteiger partial charge in [0.15, 0.2) is 0 Å². The zero-order valence-electron chi connectivity index (χ0n) is 8.75. The van der Waals surface area contributed by atoms with Gasteiger partial charge in [-0.1, -0.05) is 13.8 Å². The second-order valence-corrected chi connectivity index (χ2v) is 4.62. The van der Waals surface area contributed by atoms with Gasteiger partial charge in [0.2, 0.25) is 5.91 Å². The number of carboxylic acids is 1. The van der Waals surface area contributed by atoms with Gasteiger partial charge in [-0.15, -0.1) is 0 Å². The first kappa shape index (κ1) is 11.0. The summed E-state index contributed by atoms with van der Waals surface area (Å²) in [4.78, 5) is 23.5. The molecule has 0 radical (unpaired) electrons. The molecular weight excluding hydrogens is 182 g/mol. The van der Waals surface area contributed by atoms with E-state index in [0.29, 0.717) is 0 Å². The van der Waals surface area contributed by atoms with Crippen molar-refractivity contribution in [3.63, 3.8) is 0 Å². The van der Waals surface area contributed by atoms with Crippen LogP contribution in [-0.2, 0) is 9.59 Å². The normalized spacial score (nSPS) is 19.7. The molecule has 0 aliphatic carbocycles. The van der Waals surface area contributed by atoms with E-state index in [2.05, 4.69) is 13.8 Å². The minimum absolute atomic E-state index is 0.0297. The fourth-order valence-electron chi connectivity index (χ4n) is 1.70. The molecule has 80 valence electrons. The highest BCUT2D eigenvalue weighted by Crippen LogP contribution is 2.29. The third-order valence-electron chi connectivity index (χ3n) is 2.58. The highest BCUT2D eigenvalue weighted by atomic mass is 16.4. The van der Waals surface area contributed by atoms with Crippen molar-refractivity contribution in [1.82, 2.24) is 4.90 Å². The molecule has 1 amide bonds. The van der Waals surface area contributed by atoms with Crippen molar-refractivity contribution in [3.05, 3.63) is 0 Å². The van der Waals surface area contributed by atoms with Crippen molar-refractivity contribution in [2.45, 2.75) is 33.1 Å². The number of carbonyl (C=O) groups excluding carboxylic acids is 1. The van der Waals surface area contributed by atoms with E-state index in [-0.39, 0.29) is 24.2 Å². The predicted molar refractivity (Wildman–Crippen MR) is 51.8 cm³/mol. The van der Waals surface area contributed by atoms with E-state index in [0.717, 1.165) is 19.5 Å². The van der Waals surface area contributed by atoms with E-state index in [1.165, 1.54) is 0 Å². The molecule has 14 heavy (non-hydrogen) atoms. The predicted octanol–water partition coefficient (Wildman–Crippen LogP) is 1.11. The molecular formula is C10H17NO3. The molecule has 0 saturated carbocycles. The summed E-state index contributed by atoms with van der Waals surface area (Å²) in [7, 11) is 0. The van der Waals surface area contributed by atoms with Gasteiger partial charge in [-0.3, -0.25) is 9.59 Å². The van der Waals surface area contributed by atoms with E-state index < -0.39 is 5.97 Å². The molecule has 0 aromatic carbocycles. The van der Waals surface area contributed by atoms with E-state index in [4.69, 9.17) is 5.11 Å². The molecule has 0 atom stereocenters. The molecule has 4 nitrogen and oxygen atoms in total. The molecule has 0 unspecified atom stereocenters. The van der Waals surface area contributed by atoms with Gasteiger partial charge < -0.3 is 10.0 Å². The number of amides is 1. The summed E-state index contributed by atoms with van der Waals surface area (Å²) >= 11 is 0. The van der Waals surface area contributed by atoms with Gasteiger partial charge in [0.25, 0.3) is 0 Å². The first-order valence-electron chi connectivity index (χ1n) is 4.90. The second-order valence-electron chi connectivity index (χ2n) is 4.62. The Labute approximate surface area is 83.9 Å². The molecule has 0 bridgehead atoms. The summed E-state index contributed by atoms with van der Waals surface area (Å²) < 4.78 is 0. The number of carboxylic acid groups (broad SMARTS) is 1. The number of hydrogen-bond donors (Lipinski definition) is 1. The molecule has 1 heterocycles. The third kappa shape index (κ3) is 3.01. The summed E-state index contributed by atoms with van der Waals surface area (Å²) in [6.07, 6.45) is 1.08. The lowest BCUT2D eigenvalue weighted by molar-refractivity contribution is -0.140. The maximum Gasteiger partial charge on any atom is 0.303 e. The van der Waals surface area contributed by atoms with Crippen molar-refractivity contribution in [2.75, 3.05) is 13.1 Å². The van der Waals surface area contributed by atoms with Gasteiger partial charge in [0.1, 0.15) is 0 Å². The van der Waals surface area contributed by atoms with Crippen LogP contribution in [0, 0.1) is 5.41 Å². The highest BCUT2D eigenvalue weighted by Gasteiger charge is 2.31. The second kappa shape index (κ2) is 3.98. The summed E-state index contributed by atoms with van der Waals surface area (Å²) in [5.41, 5.74) is 0.193. The number of nitrogens with zero attached hydrogens (tertiary/aromatic N) is 1. The number of aliphatic carboxylic acids is 1. The summed E-state index contributed by atoms with van der Waals surface area (Å²) in [5, 5.41) is 8.44. The fraction of sp³-hybridized carbons (Fsp3) is 0.800. The molecule has 0 aromatic rings. The van der Waals surface area contributed by atoms with Gasteiger partial charge >= 0.3 is 5.97 Å². The van der Waals surface area contributed by atoms with Crippen LogP contribution in [0.3, 0.4) is 0 Å². The van der Waals surface area contributed by atoms with E-state index in [1.807, 2.05) is 0 Å². The Kier molecular flexibility index (Phi) is 3.13. The smallest absolute Gasteiger partial charge is 0.303 e. The summed E-state index contributed by atoms with van der Waals surface area (Å²) in [6.45, 7) is 5.77. The monoisotopic (exact) mass is 199 g/mol. The van der Waals surface area contributed by atoms with Gasteiger partial charge in [0.05, 0.1) is 6.42 Å². The molecule has 1 aliphatic heterocycles. The average molecular weight is 199 g/mol. The van der Waals surface area contributed by atoms with Crippen molar-refractivity contribution in [2.24, 2.45) is 5.41 Å². The van der Waals surface area contributed by atoms with Crippen LogP contribution in [0.25, 0.3) is 0 Å². The van der Waals surface area contributed by atoms with Crippen molar-refractivity contribution < 1.29 is 14.7 Å². The Morgan fingerprint density at radius 1 is 1.36 bits per heavy atom. The molecule has 1 fully saturated rings. The van der Waals surface area contributed by atoms with E-state index >= 15 is 0 Å². The average Bonchev–Trinajstić information content (AvgIpc) is 2.41. The number of carbonyl (C=O) groups is 2. The van der Waals surface area contributed by atoms with E-state index in [9.17, 15) is 9.59 Å². The number of hydrogen-bond acceptors (Lipinski definition) is 2. The molecule has 0 spiro atoms. The van der Waals surface area contributed by atoms with E-state index in [1.54, 1.807) is 4.90 Å². The first-order chi connectivity index (χ1) is 6.41. The molecule has 4 heteroatoms. The van der Waals surface area contributed by atoms with Crippen LogP contribution in [-0.4, -0.2) is 35.0 Å². The quantitative estimate of drug-likeness (QED) is 0.740.